The molecule has 0 aromatic heterocycles. The van der Waals surface area contributed by atoms with Gasteiger partial charge < -0.3 is 5.32 Å². The normalized spacial score (nSPS) is 26.0. The molecule has 2 aliphatic rings. The highest BCUT2D eigenvalue weighted by molar-refractivity contribution is 7.91. The van der Waals surface area contributed by atoms with Gasteiger partial charge in [0.05, 0.1) is 16.9 Å². The van der Waals surface area contributed by atoms with Gasteiger partial charge in [-0.2, -0.15) is 0 Å². The summed E-state index contributed by atoms with van der Waals surface area (Å²) in [6.07, 6.45) is 4.33. The van der Waals surface area contributed by atoms with Crippen molar-refractivity contribution in [2.24, 2.45) is 0 Å². The average Bonchev–Trinajstić information content (AvgIpc) is 3.06. The molecule has 3 rings (SSSR count). The Kier molecular flexibility index (Phi) is 4.02. The molecule has 0 radical (unpaired) electrons. The van der Waals surface area contributed by atoms with Crippen molar-refractivity contribution >= 4 is 15.7 Å². The monoisotopic (exact) mass is 321 g/mol. The molecule has 1 saturated heterocycles. The molecule has 1 aliphatic carbocycles. The van der Waals surface area contributed by atoms with Crippen LogP contribution < -0.4 is 5.32 Å². The second-order valence-electron chi connectivity index (χ2n) is 6.73. The molecule has 1 aromatic rings. The van der Waals surface area contributed by atoms with Crippen LogP contribution in [0.4, 0.5) is 0 Å². The number of carbonyl (C=O) groups excluding carboxylic acids is 1. The first kappa shape index (κ1) is 15.5. The van der Waals surface area contributed by atoms with Crippen molar-refractivity contribution in [2.75, 3.05) is 11.5 Å². The Hall–Kier alpha value is -1.36. The van der Waals surface area contributed by atoms with Crippen molar-refractivity contribution in [1.29, 1.82) is 0 Å². The Morgan fingerprint density at radius 2 is 2.00 bits per heavy atom. The van der Waals surface area contributed by atoms with Crippen molar-refractivity contribution in [2.45, 2.75) is 50.5 Å². The maximum atomic E-state index is 12.9. The highest BCUT2D eigenvalue weighted by Crippen LogP contribution is 2.41. The van der Waals surface area contributed by atoms with E-state index in [-0.39, 0.29) is 23.5 Å². The molecule has 4 nitrogen and oxygen atoms in total. The molecule has 1 amide bonds. The molecule has 1 saturated carbocycles. The third kappa shape index (κ3) is 2.91. The quantitative estimate of drug-likeness (QED) is 0.927. The summed E-state index contributed by atoms with van der Waals surface area (Å²) in [6.45, 7) is 2.04. The van der Waals surface area contributed by atoms with E-state index in [1.807, 2.05) is 25.1 Å². The largest absolute Gasteiger partial charge is 0.352 e. The summed E-state index contributed by atoms with van der Waals surface area (Å²) in [4.78, 5) is 12.9. The van der Waals surface area contributed by atoms with E-state index in [2.05, 4.69) is 11.4 Å². The van der Waals surface area contributed by atoms with Crippen LogP contribution in [0.15, 0.2) is 24.3 Å². The maximum Gasteiger partial charge on any atom is 0.230 e. The summed E-state index contributed by atoms with van der Waals surface area (Å²) in [5.41, 5.74) is 1.75. The topological polar surface area (TPSA) is 63.2 Å². The minimum absolute atomic E-state index is 0.0118. The molecule has 0 unspecified atom stereocenters. The predicted octanol–water partition coefficient (Wildman–Crippen LogP) is 2.11. The fraction of sp³-hybridized carbons (Fsp3) is 0.588. The number of sulfone groups is 1. The Balaban J connectivity index is 1.83. The Morgan fingerprint density at radius 3 is 2.59 bits per heavy atom. The van der Waals surface area contributed by atoms with Gasteiger partial charge in [0.1, 0.15) is 0 Å². The van der Waals surface area contributed by atoms with Crippen LogP contribution in [-0.2, 0) is 20.0 Å². The summed E-state index contributed by atoms with van der Waals surface area (Å²) >= 11 is 0. The van der Waals surface area contributed by atoms with E-state index in [0.29, 0.717) is 6.42 Å². The fourth-order valence-corrected chi connectivity index (χ4v) is 5.47. The number of aryl methyl sites for hydroxylation is 1. The van der Waals surface area contributed by atoms with Crippen molar-refractivity contribution in [3.8, 4) is 0 Å². The molecule has 22 heavy (non-hydrogen) atoms. The zero-order valence-electron chi connectivity index (χ0n) is 13.0. The third-order valence-electron chi connectivity index (χ3n) is 5.03. The molecule has 0 bridgehead atoms. The first-order valence-corrected chi connectivity index (χ1v) is 9.82. The second-order valence-corrected chi connectivity index (χ2v) is 8.96. The highest BCUT2D eigenvalue weighted by Gasteiger charge is 2.44. The molecule has 1 atom stereocenters. The standard InChI is InChI=1S/C17H23NO3S/c1-13-5-4-6-14(11-13)17(8-2-3-9-17)16(19)18-15-7-10-22(20,21)12-15/h4-6,11,15H,2-3,7-10,12H2,1H3,(H,18,19)/t15-/m0/s1. The molecule has 1 aliphatic heterocycles. The summed E-state index contributed by atoms with van der Waals surface area (Å²) in [5.74, 6) is 0.288. The van der Waals surface area contributed by atoms with Gasteiger partial charge in [-0.3, -0.25) is 4.79 Å². The zero-order valence-corrected chi connectivity index (χ0v) is 13.8. The van der Waals surface area contributed by atoms with Crippen molar-refractivity contribution in [1.82, 2.24) is 5.32 Å². The zero-order chi connectivity index (χ0) is 15.8. The second kappa shape index (κ2) is 5.69. The number of benzene rings is 1. The number of carbonyl (C=O) groups is 1. The lowest BCUT2D eigenvalue weighted by Gasteiger charge is -2.30. The Labute approximate surface area is 132 Å². The van der Waals surface area contributed by atoms with E-state index in [1.54, 1.807) is 0 Å². The number of rotatable bonds is 3. The molecule has 0 spiro atoms. The molecule has 1 aromatic carbocycles. The Morgan fingerprint density at radius 1 is 1.27 bits per heavy atom. The van der Waals surface area contributed by atoms with Gasteiger partial charge in [-0.25, -0.2) is 8.42 Å². The number of hydrogen-bond acceptors (Lipinski definition) is 3. The van der Waals surface area contributed by atoms with Crippen molar-refractivity contribution < 1.29 is 13.2 Å². The van der Waals surface area contributed by atoms with Crippen LogP contribution in [0.1, 0.15) is 43.2 Å². The lowest BCUT2D eigenvalue weighted by molar-refractivity contribution is -0.127. The van der Waals surface area contributed by atoms with Gasteiger partial charge in [-0.15, -0.1) is 0 Å². The van der Waals surface area contributed by atoms with Crippen LogP contribution in [0.5, 0.6) is 0 Å². The molecule has 2 fully saturated rings. The van der Waals surface area contributed by atoms with Gasteiger partial charge in [-0.1, -0.05) is 42.7 Å². The summed E-state index contributed by atoms with van der Waals surface area (Å²) in [6, 6.07) is 7.94. The van der Waals surface area contributed by atoms with Gasteiger partial charge in [0.25, 0.3) is 0 Å². The molecular weight excluding hydrogens is 298 g/mol. The van der Waals surface area contributed by atoms with Crippen LogP contribution in [0.3, 0.4) is 0 Å². The first-order chi connectivity index (χ1) is 10.4. The lowest BCUT2D eigenvalue weighted by Crippen LogP contribution is -2.47. The van der Waals surface area contributed by atoms with Crippen molar-refractivity contribution in [3.05, 3.63) is 35.4 Å². The number of nitrogens with one attached hydrogen (secondary N) is 1. The Bertz CT molecular complexity index is 675. The van der Waals surface area contributed by atoms with E-state index < -0.39 is 15.3 Å². The van der Waals surface area contributed by atoms with E-state index in [0.717, 1.165) is 36.8 Å². The van der Waals surface area contributed by atoms with Crippen molar-refractivity contribution in [3.63, 3.8) is 0 Å². The molecule has 1 N–H and O–H groups in total. The predicted molar refractivity (Wildman–Crippen MR) is 86.5 cm³/mol. The summed E-state index contributed by atoms with van der Waals surface area (Å²) in [5, 5.41) is 3.02. The van der Waals surface area contributed by atoms with E-state index >= 15 is 0 Å². The minimum atomic E-state index is -2.97. The van der Waals surface area contributed by atoms with Gasteiger partial charge in [0, 0.05) is 6.04 Å². The minimum Gasteiger partial charge on any atom is -0.352 e. The maximum absolute atomic E-state index is 12.9. The molecule has 5 heteroatoms. The van der Waals surface area contributed by atoms with E-state index in [4.69, 9.17) is 0 Å². The van der Waals surface area contributed by atoms with E-state index in [1.165, 1.54) is 0 Å². The molecule has 1 heterocycles. The summed E-state index contributed by atoms with van der Waals surface area (Å²) < 4.78 is 23.2. The SMILES string of the molecule is Cc1cccc(C2(C(=O)N[C@H]3CCS(=O)(=O)C3)CCCC2)c1. The lowest BCUT2D eigenvalue weighted by atomic mass is 9.77. The van der Waals surface area contributed by atoms with Gasteiger partial charge >= 0.3 is 0 Å². The van der Waals surface area contributed by atoms with Crippen LogP contribution in [-0.4, -0.2) is 31.9 Å². The van der Waals surface area contributed by atoms with Crippen LogP contribution >= 0.6 is 0 Å². The molecular formula is C17H23NO3S. The van der Waals surface area contributed by atoms with Crippen LogP contribution in [0, 0.1) is 6.92 Å². The molecule has 120 valence electrons. The van der Waals surface area contributed by atoms with Crippen LogP contribution in [0.2, 0.25) is 0 Å². The third-order valence-corrected chi connectivity index (χ3v) is 6.80. The van der Waals surface area contributed by atoms with Gasteiger partial charge in [0.15, 0.2) is 9.84 Å². The average molecular weight is 321 g/mol. The van der Waals surface area contributed by atoms with E-state index in [9.17, 15) is 13.2 Å². The summed E-state index contributed by atoms with van der Waals surface area (Å²) in [7, 11) is -2.97. The first-order valence-electron chi connectivity index (χ1n) is 8.00. The number of amides is 1. The smallest absolute Gasteiger partial charge is 0.230 e. The highest BCUT2D eigenvalue weighted by atomic mass is 32.2. The number of hydrogen-bond donors (Lipinski definition) is 1. The van der Waals surface area contributed by atoms with Gasteiger partial charge in [0.2, 0.25) is 5.91 Å². The van der Waals surface area contributed by atoms with Gasteiger partial charge in [-0.05, 0) is 31.7 Å². The fourth-order valence-electron chi connectivity index (χ4n) is 3.80. The van der Waals surface area contributed by atoms with Crippen LogP contribution in [0.25, 0.3) is 0 Å².